The Bertz CT molecular complexity index is 488. The molecule has 1 aliphatic rings. The van der Waals surface area contributed by atoms with Gasteiger partial charge in [0.1, 0.15) is 0 Å². The molecular weight excluding hydrogens is 286 g/mol. The van der Waals surface area contributed by atoms with E-state index >= 15 is 0 Å². The molecule has 0 aromatic heterocycles. The van der Waals surface area contributed by atoms with E-state index in [1.54, 1.807) is 0 Å². The van der Waals surface area contributed by atoms with Gasteiger partial charge < -0.3 is 5.32 Å². The predicted molar refractivity (Wildman–Crippen MR) is 84.3 cm³/mol. The highest BCUT2D eigenvalue weighted by molar-refractivity contribution is 5.92. The van der Waals surface area contributed by atoms with Gasteiger partial charge in [0.25, 0.3) is 0 Å². The fourth-order valence-corrected chi connectivity index (χ4v) is 2.80. The maximum absolute atomic E-state index is 12.8. The van der Waals surface area contributed by atoms with Crippen LogP contribution in [-0.2, 0) is 4.79 Å². The standard InChI is InChI=1S/C17H24F2N2O/c1-12(2)13-5-7-15(8-6-13)20-16(22)11-21-9-3-4-14(10-21)17(18)19/h5-8,12,14,17H,3-4,9-11H2,1-2H3,(H,20,22). The lowest BCUT2D eigenvalue weighted by Crippen LogP contribution is -2.42. The zero-order chi connectivity index (χ0) is 16.1. The summed E-state index contributed by atoms with van der Waals surface area (Å²) in [6, 6.07) is 7.75. The second-order valence-electron chi connectivity index (χ2n) is 6.30. The van der Waals surface area contributed by atoms with E-state index in [2.05, 4.69) is 19.2 Å². The summed E-state index contributed by atoms with van der Waals surface area (Å²) >= 11 is 0. The molecule has 5 heteroatoms. The van der Waals surface area contributed by atoms with Crippen LogP contribution in [0.25, 0.3) is 0 Å². The van der Waals surface area contributed by atoms with Crippen LogP contribution < -0.4 is 5.32 Å². The van der Waals surface area contributed by atoms with Crippen LogP contribution in [0, 0.1) is 5.92 Å². The van der Waals surface area contributed by atoms with Gasteiger partial charge in [0, 0.05) is 18.2 Å². The molecule has 22 heavy (non-hydrogen) atoms. The molecule has 1 fully saturated rings. The molecule has 0 spiro atoms. The minimum absolute atomic E-state index is 0.146. The van der Waals surface area contributed by atoms with Crippen LogP contribution in [0.3, 0.4) is 0 Å². The number of carbonyl (C=O) groups is 1. The van der Waals surface area contributed by atoms with Gasteiger partial charge in [-0.3, -0.25) is 9.69 Å². The van der Waals surface area contributed by atoms with Gasteiger partial charge in [-0.05, 0) is 43.0 Å². The SMILES string of the molecule is CC(C)c1ccc(NC(=O)CN2CCCC(C(F)F)C2)cc1. The summed E-state index contributed by atoms with van der Waals surface area (Å²) in [5, 5.41) is 2.83. The van der Waals surface area contributed by atoms with Gasteiger partial charge in [-0.15, -0.1) is 0 Å². The smallest absolute Gasteiger partial charge is 0.242 e. The van der Waals surface area contributed by atoms with E-state index in [1.807, 2.05) is 29.2 Å². The van der Waals surface area contributed by atoms with E-state index in [1.165, 1.54) is 5.56 Å². The number of halogens is 2. The van der Waals surface area contributed by atoms with Crippen molar-refractivity contribution in [2.45, 2.75) is 39.0 Å². The van der Waals surface area contributed by atoms with Crippen molar-refractivity contribution in [3.05, 3.63) is 29.8 Å². The van der Waals surface area contributed by atoms with Gasteiger partial charge in [0.2, 0.25) is 12.3 Å². The van der Waals surface area contributed by atoms with E-state index in [-0.39, 0.29) is 12.5 Å². The summed E-state index contributed by atoms with van der Waals surface area (Å²) in [5.41, 5.74) is 1.96. The summed E-state index contributed by atoms with van der Waals surface area (Å²) in [6.07, 6.45) is -1.02. The lowest BCUT2D eigenvalue weighted by molar-refractivity contribution is -0.118. The van der Waals surface area contributed by atoms with Gasteiger partial charge in [0.15, 0.2) is 0 Å². The molecule has 1 aliphatic heterocycles. The van der Waals surface area contributed by atoms with Gasteiger partial charge in [0.05, 0.1) is 6.54 Å². The second-order valence-corrected chi connectivity index (χ2v) is 6.30. The Labute approximate surface area is 130 Å². The predicted octanol–water partition coefficient (Wildman–Crippen LogP) is 3.73. The molecule has 1 saturated heterocycles. The highest BCUT2D eigenvalue weighted by atomic mass is 19.3. The third kappa shape index (κ3) is 4.77. The third-order valence-corrected chi connectivity index (χ3v) is 4.13. The van der Waals surface area contributed by atoms with E-state index in [9.17, 15) is 13.6 Å². The Balaban J connectivity index is 1.84. The number of rotatable bonds is 5. The molecule has 0 radical (unpaired) electrons. The van der Waals surface area contributed by atoms with Crippen molar-refractivity contribution in [1.29, 1.82) is 0 Å². The fraction of sp³-hybridized carbons (Fsp3) is 0.588. The average Bonchev–Trinajstić information content (AvgIpc) is 2.47. The van der Waals surface area contributed by atoms with Gasteiger partial charge in [-0.2, -0.15) is 0 Å². The number of benzene rings is 1. The summed E-state index contributed by atoms with van der Waals surface area (Å²) < 4.78 is 25.5. The number of likely N-dealkylation sites (tertiary alicyclic amines) is 1. The number of amides is 1. The number of carbonyl (C=O) groups excluding carboxylic acids is 1. The van der Waals surface area contributed by atoms with Crippen molar-refractivity contribution in [2.24, 2.45) is 5.92 Å². The van der Waals surface area contributed by atoms with Crippen molar-refractivity contribution >= 4 is 11.6 Å². The molecule has 1 heterocycles. The van der Waals surface area contributed by atoms with Crippen molar-refractivity contribution in [3.8, 4) is 0 Å². The summed E-state index contributed by atoms with van der Waals surface area (Å²) in [7, 11) is 0. The molecule has 0 saturated carbocycles. The first-order valence-electron chi connectivity index (χ1n) is 7.86. The number of piperidine rings is 1. The minimum atomic E-state index is -2.30. The average molecular weight is 310 g/mol. The Morgan fingerprint density at radius 3 is 2.59 bits per heavy atom. The largest absolute Gasteiger partial charge is 0.325 e. The van der Waals surface area contributed by atoms with Gasteiger partial charge in [-0.25, -0.2) is 8.78 Å². The lowest BCUT2D eigenvalue weighted by atomic mass is 9.98. The summed E-state index contributed by atoms with van der Waals surface area (Å²) in [5.74, 6) is -0.302. The molecule has 3 nitrogen and oxygen atoms in total. The Hall–Kier alpha value is -1.49. The van der Waals surface area contributed by atoms with E-state index in [0.29, 0.717) is 25.4 Å². The third-order valence-electron chi connectivity index (χ3n) is 4.13. The van der Waals surface area contributed by atoms with Crippen molar-refractivity contribution < 1.29 is 13.6 Å². The van der Waals surface area contributed by atoms with Crippen LogP contribution in [0.2, 0.25) is 0 Å². The lowest BCUT2D eigenvalue weighted by Gasteiger charge is -2.31. The van der Waals surface area contributed by atoms with Crippen LogP contribution in [-0.4, -0.2) is 36.9 Å². The molecule has 1 amide bonds. The van der Waals surface area contributed by atoms with E-state index < -0.39 is 12.3 Å². The Kier molecular flexibility index (Phi) is 5.89. The van der Waals surface area contributed by atoms with E-state index in [4.69, 9.17) is 0 Å². The van der Waals surface area contributed by atoms with Crippen molar-refractivity contribution in [3.63, 3.8) is 0 Å². The molecule has 1 atom stereocenters. The first kappa shape index (κ1) is 16.9. The van der Waals surface area contributed by atoms with Crippen LogP contribution in [0.1, 0.15) is 38.2 Å². The maximum atomic E-state index is 12.8. The fourth-order valence-electron chi connectivity index (χ4n) is 2.80. The topological polar surface area (TPSA) is 32.3 Å². The normalized spacial score (nSPS) is 19.6. The van der Waals surface area contributed by atoms with Crippen LogP contribution in [0.15, 0.2) is 24.3 Å². The second kappa shape index (κ2) is 7.68. The summed E-state index contributed by atoms with van der Waals surface area (Å²) in [4.78, 5) is 13.9. The van der Waals surface area contributed by atoms with Gasteiger partial charge >= 0.3 is 0 Å². The molecule has 1 N–H and O–H groups in total. The van der Waals surface area contributed by atoms with Crippen molar-refractivity contribution in [2.75, 3.05) is 25.0 Å². The molecule has 2 rings (SSSR count). The number of nitrogens with one attached hydrogen (secondary N) is 1. The number of alkyl halides is 2. The number of nitrogens with zero attached hydrogens (tertiary/aromatic N) is 1. The minimum Gasteiger partial charge on any atom is -0.325 e. The zero-order valence-electron chi connectivity index (χ0n) is 13.2. The Morgan fingerprint density at radius 1 is 1.32 bits per heavy atom. The highest BCUT2D eigenvalue weighted by Gasteiger charge is 2.27. The molecular formula is C17H24F2N2O. The molecule has 1 unspecified atom stereocenters. The zero-order valence-corrected chi connectivity index (χ0v) is 13.2. The first-order chi connectivity index (χ1) is 10.5. The number of hydrogen-bond acceptors (Lipinski definition) is 2. The molecule has 1 aromatic rings. The molecule has 122 valence electrons. The maximum Gasteiger partial charge on any atom is 0.242 e. The quantitative estimate of drug-likeness (QED) is 0.899. The Morgan fingerprint density at radius 2 is 2.00 bits per heavy atom. The van der Waals surface area contributed by atoms with Gasteiger partial charge in [-0.1, -0.05) is 26.0 Å². The monoisotopic (exact) mass is 310 g/mol. The molecule has 1 aromatic carbocycles. The van der Waals surface area contributed by atoms with Crippen LogP contribution in [0.5, 0.6) is 0 Å². The van der Waals surface area contributed by atoms with Crippen LogP contribution in [0.4, 0.5) is 14.5 Å². The highest BCUT2D eigenvalue weighted by Crippen LogP contribution is 2.22. The van der Waals surface area contributed by atoms with Crippen molar-refractivity contribution in [1.82, 2.24) is 4.90 Å². The van der Waals surface area contributed by atoms with E-state index in [0.717, 1.165) is 12.1 Å². The molecule has 0 aliphatic carbocycles. The summed E-state index contributed by atoms with van der Waals surface area (Å²) in [6.45, 7) is 5.42. The molecule has 0 bridgehead atoms. The number of hydrogen-bond donors (Lipinski definition) is 1. The number of anilines is 1. The van der Waals surface area contributed by atoms with Crippen LogP contribution >= 0.6 is 0 Å². The first-order valence-corrected chi connectivity index (χ1v) is 7.86.